The lowest BCUT2D eigenvalue weighted by atomic mass is 10.5. The Bertz CT molecular complexity index is 458. The van der Waals surface area contributed by atoms with E-state index in [0.29, 0.717) is 5.13 Å². The van der Waals surface area contributed by atoms with Crippen LogP contribution in [0.1, 0.15) is 24.3 Å². The van der Waals surface area contributed by atoms with Gasteiger partial charge in [0.2, 0.25) is 5.91 Å². The first kappa shape index (κ1) is 14.7. The smallest absolute Gasteiger partial charge is 0.357 e. The average Bonchev–Trinajstić information content (AvgIpc) is 2.75. The molecule has 8 heteroatoms. The molecule has 6 nitrogen and oxygen atoms in total. The topological polar surface area (TPSA) is 85.4 Å². The number of rotatable bonds is 5. The van der Waals surface area contributed by atoms with Crippen molar-refractivity contribution in [2.75, 3.05) is 17.7 Å². The number of thioether (sulfide) groups is 1. The number of esters is 1. The van der Waals surface area contributed by atoms with E-state index < -0.39 is 5.97 Å². The third kappa shape index (κ3) is 4.84. The highest BCUT2D eigenvalue weighted by Gasteiger charge is 2.13. The molecule has 1 aromatic heterocycles. The van der Waals surface area contributed by atoms with Crippen LogP contribution in [0.15, 0.2) is 5.38 Å². The van der Waals surface area contributed by atoms with Gasteiger partial charge in [0.25, 0.3) is 0 Å². The predicted octanol–water partition coefficient (Wildman–Crippen LogP) is 1.54. The maximum atomic E-state index is 11.4. The van der Waals surface area contributed by atoms with Crippen molar-refractivity contribution in [2.24, 2.45) is 0 Å². The molecule has 1 rings (SSSR count). The van der Waals surface area contributed by atoms with Crippen molar-refractivity contribution in [1.29, 1.82) is 0 Å². The lowest BCUT2D eigenvalue weighted by molar-refractivity contribution is -0.114. The monoisotopic (exact) mass is 288 g/mol. The Balaban J connectivity index is 2.51. The molecule has 1 N–H and O–H groups in total. The van der Waals surface area contributed by atoms with Crippen LogP contribution in [0.2, 0.25) is 0 Å². The first-order valence-corrected chi connectivity index (χ1v) is 6.95. The van der Waals surface area contributed by atoms with E-state index in [1.54, 1.807) is 6.92 Å². The number of ether oxygens (including phenoxy) is 1. The molecule has 0 bridgehead atoms. The van der Waals surface area contributed by atoms with E-state index in [4.69, 9.17) is 4.74 Å². The molecule has 0 atom stereocenters. The first-order valence-electron chi connectivity index (χ1n) is 5.08. The quantitative estimate of drug-likeness (QED) is 0.827. The van der Waals surface area contributed by atoms with Crippen LogP contribution < -0.4 is 5.32 Å². The fourth-order valence-corrected chi connectivity index (χ4v) is 2.06. The summed E-state index contributed by atoms with van der Waals surface area (Å²) in [6, 6.07) is 0. The number of thiazole rings is 1. The lowest BCUT2D eigenvalue weighted by Gasteiger charge is -1.99. The Hall–Kier alpha value is -1.41. The molecule has 0 aliphatic heterocycles. The second-order valence-electron chi connectivity index (χ2n) is 3.09. The van der Waals surface area contributed by atoms with Crippen molar-refractivity contribution in [3.63, 3.8) is 0 Å². The summed E-state index contributed by atoms with van der Waals surface area (Å²) in [7, 11) is 0. The molecule has 98 valence electrons. The largest absolute Gasteiger partial charge is 0.461 e. The number of carbonyl (C=O) groups is 3. The highest BCUT2D eigenvalue weighted by atomic mass is 32.2. The van der Waals surface area contributed by atoms with Crippen LogP contribution in [0.4, 0.5) is 5.13 Å². The molecule has 0 fully saturated rings. The fraction of sp³-hybridized carbons (Fsp3) is 0.400. The predicted molar refractivity (Wildman–Crippen MR) is 69.8 cm³/mol. The molecule has 0 aromatic carbocycles. The van der Waals surface area contributed by atoms with Crippen LogP contribution >= 0.6 is 23.1 Å². The van der Waals surface area contributed by atoms with E-state index >= 15 is 0 Å². The van der Waals surface area contributed by atoms with Crippen molar-refractivity contribution < 1.29 is 19.1 Å². The minimum absolute atomic E-state index is 0.0314. The number of hydrogen-bond acceptors (Lipinski definition) is 7. The minimum atomic E-state index is -0.521. The van der Waals surface area contributed by atoms with Gasteiger partial charge in [-0.3, -0.25) is 9.59 Å². The number of aromatic nitrogens is 1. The maximum Gasteiger partial charge on any atom is 0.357 e. The highest BCUT2D eigenvalue weighted by Crippen LogP contribution is 2.16. The van der Waals surface area contributed by atoms with Crippen molar-refractivity contribution in [3.05, 3.63) is 11.1 Å². The summed E-state index contributed by atoms with van der Waals surface area (Å²) in [6.45, 7) is 3.36. The standard InChI is InChI=1S/C10H12N2O4S2/c1-3-16-9(15)7-4-18-10(11-7)12-8(14)5-17-6(2)13/h4H,3,5H2,1-2H3,(H,11,12,14). The summed E-state index contributed by atoms with van der Waals surface area (Å²) < 4.78 is 4.77. The van der Waals surface area contributed by atoms with Gasteiger partial charge in [-0.2, -0.15) is 0 Å². The first-order chi connectivity index (χ1) is 8.52. The van der Waals surface area contributed by atoms with Crippen molar-refractivity contribution in [1.82, 2.24) is 4.98 Å². The van der Waals surface area contributed by atoms with Crippen LogP contribution in [0.25, 0.3) is 0 Å². The third-order valence-corrected chi connectivity index (χ3v) is 3.21. The number of nitrogens with zero attached hydrogens (tertiary/aromatic N) is 1. The molecule has 1 heterocycles. The van der Waals surface area contributed by atoms with E-state index in [0.717, 1.165) is 23.1 Å². The average molecular weight is 288 g/mol. The normalized spacial score (nSPS) is 9.89. The van der Waals surface area contributed by atoms with E-state index in [1.165, 1.54) is 12.3 Å². The maximum absolute atomic E-state index is 11.4. The van der Waals surface area contributed by atoms with Gasteiger partial charge < -0.3 is 10.1 Å². The van der Waals surface area contributed by atoms with Crippen LogP contribution in [-0.2, 0) is 14.3 Å². The number of amides is 1. The van der Waals surface area contributed by atoms with Gasteiger partial charge in [0.15, 0.2) is 15.9 Å². The van der Waals surface area contributed by atoms with Gasteiger partial charge in [-0.05, 0) is 6.92 Å². The number of nitrogens with one attached hydrogen (secondary N) is 1. The molecule has 0 saturated carbocycles. The molecule has 1 aromatic rings. The van der Waals surface area contributed by atoms with Gasteiger partial charge in [-0.25, -0.2) is 9.78 Å². The second-order valence-corrected chi connectivity index (χ2v) is 5.10. The van der Waals surface area contributed by atoms with Crippen molar-refractivity contribution in [2.45, 2.75) is 13.8 Å². The summed E-state index contributed by atoms with van der Waals surface area (Å²) in [5, 5.41) is 4.19. The molecule has 0 radical (unpaired) electrons. The van der Waals surface area contributed by atoms with Gasteiger partial charge in [-0.15, -0.1) is 11.3 Å². The van der Waals surface area contributed by atoms with Crippen LogP contribution in [0.5, 0.6) is 0 Å². The lowest BCUT2D eigenvalue weighted by Crippen LogP contribution is -2.15. The molecular formula is C10H12N2O4S2. The van der Waals surface area contributed by atoms with Gasteiger partial charge in [-0.1, -0.05) is 11.8 Å². The van der Waals surface area contributed by atoms with Gasteiger partial charge in [0, 0.05) is 12.3 Å². The molecule has 0 spiro atoms. The summed E-state index contributed by atoms with van der Waals surface area (Å²) in [4.78, 5) is 37.3. The second kappa shape index (κ2) is 7.12. The Labute approximate surface area is 112 Å². The summed E-state index contributed by atoms with van der Waals surface area (Å²) in [5.74, 6) is -0.823. The SMILES string of the molecule is CCOC(=O)c1csc(NC(=O)CSC(C)=O)n1. The molecule has 18 heavy (non-hydrogen) atoms. The third-order valence-electron chi connectivity index (χ3n) is 1.64. The van der Waals surface area contributed by atoms with Gasteiger partial charge >= 0.3 is 5.97 Å². The minimum Gasteiger partial charge on any atom is -0.461 e. The van der Waals surface area contributed by atoms with E-state index in [2.05, 4.69) is 10.3 Å². The van der Waals surface area contributed by atoms with Gasteiger partial charge in [0.05, 0.1) is 12.4 Å². The zero-order valence-corrected chi connectivity index (χ0v) is 11.5. The summed E-state index contributed by atoms with van der Waals surface area (Å²) in [6.07, 6.45) is 0. The van der Waals surface area contributed by atoms with Crippen LogP contribution in [0, 0.1) is 0 Å². The summed E-state index contributed by atoms with van der Waals surface area (Å²) in [5.41, 5.74) is 0.163. The number of anilines is 1. The number of hydrogen-bond donors (Lipinski definition) is 1. The van der Waals surface area contributed by atoms with E-state index in [1.807, 2.05) is 0 Å². The zero-order chi connectivity index (χ0) is 13.5. The molecule has 0 aliphatic rings. The Morgan fingerprint density at radius 1 is 1.50 bits per heavy atom. The van der Waals surface area contributed by atoms with Crippen LogP contribution in [0.3, 0.4) is 0 Å². The fourth-order valence-electron chi connectivity index (χ4n) is 0.952. The van der Waals surface area contributed by atoms with Crippen LogP contribution in [-0.4, -0.2) is 34.3 Å². The molecular weight excluding hydrogens is 276 g/mol. The molecule has 0 aliphatic carbocycles. The molecule has 1 amide bonds. The highest BCUT2D eigenvalue weighted by molar-refractivity contribution is 8.14. The number of carbonyl (C=O) groups excluding carboxylic acids is 3. The van der Waals surface area contributed by atoms with E-state index in [9.17, 15) is 14.4 Å². The summed E-state index contributed by atoms with van der Waals surface area (Å²) >= 11 is 2.04. The molecule has 0 saturated heterocycles. The Kier molecular flexibility index (Phi) is 5.79. The Morgan fingerprint density at radius 2 is 2.22 bits per heavy atom. The zero-order valence-electron chi connectivity index (χ0n) is 9.89. The Morgan fingerprint density at radius 3 is 2.83 bits per heavy atom. The van der Waals surface area contributed by atoms with Gasteiger partial charge in [0.1, 0.15) is 0 Å². The van der Waals surface area contributed by atoms with E-state index in [-0.39, 0.29) is 29.1 Å². The molecule has 0 unspecified atom stereocenters. The van der Waals surface area contributed by atoms with Crippen molar-refractivity contribution >= 4 is 45.2 Å². The van der Waals surface area contributed by atoms with Crippen molar-refractivity contribution in [3.8, 4) is 0 Å².